The molecule has 5 heteroatoms. The van der Waals surface area contributed by atoms with Gasteiger partial charge < -0.3 is 20.1 Å². The average molecular weight is 354 g/mol. The minimum atomic E-state index is -0.0718. The first kappa shape index (κ1) is 18.3. The van der Waals surface area contributed by atoms with Crippen LogP contribution in [-0.2, 0) is 9.53 Å². The van der Waals surface area contributed by atoms with Gasteiger partial charge in [0, 0.05) is 18.0 Å². The van der Waals surface area contributed by atoms with E-state index in [1.165, 1.54) is 0 Å². The van der Waals surface area contributed by atoms with E-state index < -0.39 is 0 Å². The molecule has 1 fully saturated rings. The number of anilines is 2. The SMILES string of the molecule is Cc1cccc(NC(=O)CNc2ccc(OCC3CCCO3)cc2)c1C. The number of hydrogen-bond acceptors (Lipinski definition) is 4. The third-order valence-electron chi connectivity index (χ3n) is 4.65. The van der Waals surface area contributed by atoms with Crippen LogP contribution in [0.3, 0.4) is 0 Å². The van der Waals surface area contributed by atoms with E-state index in [-0.39, 0.29) is 18.6 Å². The second-order valence-corrected chi connectivity index (χ2v) is 6.62. The fraction of sp³-hybridized carbons (Fsp3) is 0.381. The maximum Gasteiger partial charge on any atom is 0.243 e. The van der Waals surface area contributed by atoms with Crippen LogP contribution in [0.25, 0.3) is 0 Å². The maximum absolute atomic E-state index is 12.2. The number of carbonyl (C=O) groups is 1. The molecule has 0 saturated carbocycles. The lowest BCUT2D eigenvalue weighted by Gasteiger charge is -2.13. The summed E-state index contributed by atoms with van der Waals surface area (Å²) in [6.07, 6.45) is 2.39. The van der Waals surface area contributed by atoms with Crippen molar-refractivity contribution in [2.24, 2.45) is 0 Å². The second-order valence-electron chi connectivity index (χ2n) is 6.62. The molecule has 138 valence electrons. The predicted molar refractivity (Wildman–Crippen MR) is 104 cm³/mol. The molecule has 2 aromatic rings. The molecule has 2 aromatic carbocycles. The van der Waals surface area contributed by atoms with Gasteiger partial charge in [-0.1, -0.05) is 12.1 Å². The topological polar surface area (TPSA) is 59.6 Å². The average Bonchev–Trinajstić information content (AvgIpc) is 3.16. The summed E-state index contributed by atoms with van der Waals surface area (Å²) in [5.74, 6) is 0.739. The van der Waals surface area contributed by atoms with Crippen LogP contribution < -0.4 is 15.4 Å². The molecule has 0 radical (unpaired) electrons. The van der Waals surface area contributed by atoms with Crippen molar-refractivity contribution in [2.75, 3.05) is 30.4 Å². The van der Waals surface area contributed by atoms with Crippen LogP contribution in [0.1, 0.15) is 24.0 Å². The Hall–Kier alpha value is -2.53. The number of rotatable bonds is 7. The van der Waals surface area contributed by atoms with Crippen molar-refractivity contribution in [3.63, 3.8) is 0 Å². The van der Waals surface area contributed by atoms with Crippen molar-refractivity contribution in [3.05, 3.63) is 53.6 Å². The van der Waals surface area contributed by atoms with Crippen LogP contribution in [-0.4, -0.2) is 31.8 Å². The van der Waals surface area contributed by atoms with Crippen molar-refractivity contribution in [3.8, 4) is 5.75 Å². The lowest BCUT2D eigenvalue weighted by atomic mass is 10.1. The van der Waals surface area contributed by atoms with Crippen LogP contribution in [0, 0.1) is 13.8 Å². The molecule has 0 aliphatic carbocycles. The van der Waals surface area contributed by atoms with Gasteiger partial charge in [0.2, 0.25) is 5.91 Å². The summed E-state index contributed by atoms with van der Waals surface area (Å²) in [6.45, 7) is 5.68. The summed E-state index contributed by atoms with van der Waals surface area (Å²) in [6, 6.07) is 13.5. The summed E-state index contributed by atoms with van der Waals surface area (Å²) in [5.41, 5.74) is 3.99. The summed E-state index contributed by atoms with van der Waals surface area (Å²) < 4.78 is 11.3. The highest BCUT2D eigenvalue weighted by Gasteiger charge is 2.15. The Bertz CT molecular complexity index is 737. The van der Waals surface area contributed by atoms with E-state index in [0.717, 1.165) is 47.7 Å². The van der Waals surface area contributed by atoms with E-state index >= 15 is 0 Å². The standard InChI is InChI=1S/C21H26N2O3/c1-15-5-3-7-20(16(15)2)23-21(24)13-22-17-8-10-18(11-9-17)26-14-19-6-4-12-25-19/h3,5,7-11,19,22H,4,6,12-14H2,1-2H3,(H,23,24). The van der Waals surface area contributed by atoms with Crippen LogP contribution in [0.15, 0.2) is 42.5 Å². The van der Waals surface area contributed by atoms with Gasteiger partial charge in [0.25, 0.3) is 0 Å². The molecule has 2 N–H and O–H groups in total. The normalized spacial score (nSPS) is 16.3. The highest BCUT2D eigenvalue weighted by molar-refractivity contribution is 5.94. The van der Waals surface area contributed by atoms with Gasteiger partial charge >= 0.3 is 0 Å². The fourth-order valence-corrected chi connectivity index (χ4v) is 2.90. The highest BCUT2D eigenvalue weighted by atomic mass is 16.5. The summed E-state index contributed by atoms with van der Waals surface area (Å²) in [5, 5.41) is 6.08. The van der Waals surface area contributed by atoms with E-state index in [1.54, 1.807) is 0 Å². The van der Waals surface area contributed by atoms with Gasteiger partial charge in [-0.15, -0.1) is 0 Å². The molecule has 1 unspecified atom stereocenters. The van der Waals surface area contributed by atoms with Gasteiger partial charge in [0.1, 0.15) is 12.4 Å². The van der Waals surface area contributed by atoms with E-state index in [2.05, 4.69) is 10.6 Å². The Kier molecular flexibility index (Phi) is 6.12. The van der Waals surface area contributed by atoms with E-state index in [4.69, 9.17) is 9.47 Å². The third kappa shape index (κ3) is 4.99. The van der Waals surface area contributed by atoms with Gasteiger partial charge in [-0.25, -0.2) is 0 Å². The van der Waals surface area contributed by atoms with Crippen LogP contribution in [0.4, 0.5) is 11.4 Å². The van der Waals surface area contributed by atoms with Crippen molar-refractivity contribution in [1.29, 1.82) is 0 Å². The zero-order chi connectivity index (χ0) is 18.4. The maximum atomic E-state index is 12.2. The van der Waals surface area contributed by atoms with Crippen molar-refractivity contribution in [2.45, 2.75) is 32.8 Å². The number of ether oxygens (including phenoxy) is 2. The van der Waals surface area contributed by atoms with Gasteiger partial charge in [-0.05, 0) is 68.1 Å². The number of carbonyl (C=O) groups excluding carboxylic acids is 1. The molecule has 1 amide bonds. The first-order valence-electron chi connectivity index (χ1n) is 9.06. The molecular formula is C21H26N2O3. The lowest BCUT2D eigenvalue weighted by Crippen LogP contribution is -2.22. The van der Waals surface area contributed by atoms with Gasteiger partial charge in [0.15, 0.2) is 0 Å². The monoisotopic (exact) mass is 354 g/mol. The summed E-state index contributed by atoms with van der Waals surface area (Å²) in [4.78, 5) is 12.2. The van der Waals surface area contributed by atoms with Crippen molar-refractivity contribution >= 4 is 17.3 Å². The van der Waals surface area contributed by atoms with Gasteiger partial charge in [0.05, 0.1) is 12.6 Å². The summed E-state index contributed by atoms with van der Waals surface area (Å²) in [7, 11) is 0. The first-order chi connectivity index (χ1) is 12.6. The Morgan fingerprint density at radius 3 is 2.73 bits per heavy atom. The molecule has 1 aliphatic rings. The Balaban J connectivity index is 1.45. The molecule has 0 aromatic heterocycles. The van der Waals surface area contributed by atoms with E-state index in [0.29, 0.717) is 6.61 Å². The van der Waals surface area contributed by atoms with Gasteiger partial charge in [-0.2, -0.15) is 0 Å². The minimum Gasteiger partial charge on any atom is -0.491 e. The van der Waals surface area contributed by atoms with Crippen molar-refractivity contribution in [1.82, 2.24) is 0 Å². The second kappa shape index (κ2) is 8.72. The Morgan fingerprint density at radius 2 is 2.00 bits per heavy atom. The number of aryl methyl sites for hydroxylation is 1. The predicted octanol–water partition coefficient (Wildman–Crippen LogP) is 3.91. The zero-order valence-electron chi connectivity index (χ0n) is 15.4. The van der Waals surface area contributed by atoms with Crippen LogP contribution in [0.5, 0.6) is 5.75 Å². The molecule has 26 heavy (non-hydrogen) atoms. The first-order valence-corrected chi connectivity index (χ1v) is 9.06. The van der Waals surface area contributed by atoms with E-state index in [9.17, 15) is 4.79 Å². The lowest BCUT2D eigenvalue weighted by molar-refractivity contribution is -0.114. The number of benzene rings is 2. The Morgan fingerprint density at radius 1 is 1.19 bits per heavy atom. The van der Waals surface area contributed by atoms with Crippen LogP contribution >= 0.6 is 0 Å². The molecule has 3 rings (SSSR count). The fourth-order valence-electron chi connectivity index (χ4n) is 2.90. The molecule has 5 nitrogen and oxygen atoms in total. The zero-order valence-corrected chi connectivity index (χ0v) is 15.4. The minimum absolute atomic E-state index is 0.0718. The van der Waals surface area contributed by atoms with Crippen LogP contribution in [0.2, 0.25) is 0 Å². The smallest absolute Gasteiger partial charge is 0.243 e. The Labute approximate surface area is 154 Å². The largest absolute Gasteiger partial charge is 0.491 e. The molecule has 1 atom stereocenters. The number of amides is 1. The van der Waals surface area contributed by atoms with Crippen molar-refractivity contribution < 1.29 is 14.3 Å². The van der Waals surface area contributed by atoms with E-state index in [1.807, 2.05) is 56.3 Å². The summed E-state index contributed by atoms with van der Waals surface area (Å²) >= 11 is 0. The molecular weight excluding hydrogens is 328 g/mol. The molecule has 1 saturated heterocycles. The van der Waals surface area contributed by atoms with Gasteiger partial charge in [-0.3, -0.25) is 4.79 Å². The highest BCUT2D eigenvalue weighted by Crippen LogP contribution is 2.19. The number of hydrogen-bond donors (Lipinski definition) is 2. The third-order valence-corrected chi connectivity index (χ3v) is 4.65. The molecule has 1 aliphatic heterocycles. The molecule has 1 heterocycles. The quantitative estimate of drug-likeness (QED) is 0.791. The molecule has 0 spiro atoms. The molecule has 0 bridgehead atoms. The number of nitrogens with one attached hydrogen (secondary N) is 2.